The summed E-state index contributed by atoms with van der Waals surface area (Å²) in [5, 5.41) is 37.1. The number of aliphatic carboxylic acids is 1. The molecule has 0 spiro atoms. The van der Waals surface area contributed by atoms with Crippen LogP contribution in [0.25, 0.3) is 21.5 Å². The lowest BCUT2D eigenvalue weighted by Crippen LogP contribution is -2.58. The molecule has 0 unspecified atom stereocenters. The third-order valence-corrected chi connectivity index (χ3v) is 10.3. The van der Waals surface area contributed by atoms with Crippen LogP contribution in [0.4, 0.5) is 0 Å². The molecule has 16 heteroatoms. The number of carbonyl (C=O) groups is 5. The number of benzene rings is 5. The fourth-order valence-corrected chi connectivity index (χ4v) is 7.04. The van der Waals surface area contributed by atoms with E-state index in [2.05, 4.69) is 37.6 Å². The van der Waals surface area contributed by atoms with Crippen LogP contribution in [-0.2, 0) is 43.4 Å². The predicted octanol–water partition coefficient (Wildman–Crippen LogP) is 2.09. The molecule has 4 amide bonds. The highest BCUT2D eigenvalue weighted by Crippen LogP contribution is 2.19. The Labute approximate surface area is 359 Å². The molecule has 0 saturated carbocycles. The number of guanidine groups is 1. The lowest BCUT2D eigenvalue weighted by molar-refractivity contribution is -0.138. The van der Waals surface area contributed by atoms with Gasteiger partial charge in [-0.2, -0.15) is 0 Å². The number of hydrogen-bond donors (Lipinski definition) is 10. The first-order valence-corrected chi connectivity index (χ1v) is 20.5. The first-order valence-electron chi connectivity index (χ1n) is 20.5. The van der Waals surface area contributed by atoms with E-state index in [0.29, 0.717) is 30.6 Å². The van der Waals surface area contributed by atoms with Gasteiger partial charge in [0.05, 0.1) is 6.04 Å². The number of hydrogen-bond acceptors (Lipinski definition) is 9. The number of nitrogens with two attached hydrogens (primary N) is 3. The Balaban J connectivity index is 1.33. The normalized spacial score (nSPS) is 13.0. The molecular weight excluding hydrogens is 791 g/mol. The van der Waals surface area contributed by atoms with Crippen molar-refractivity contribution in [3.05, 3.63) is 126 Å². The highest BCUT2D eigenvalue weighted by molar-refractivity contribution is 5.95. The molecule has 0 aliphatic rings. The molecule has 0 radical (unpaired) electrons. The molecule has 0 bridgehead atoms. The molecule has 0 fully saturated rings. The molecular formula is C46H55N9O7. The van der Waals surface area contributed by atoms with Gasteiger partial charge in [0.2, 0.25) is 23.6 Å². The lowest BCUT2D eigenvalue weighted by Gasteiger charge is -2.26. The average Bonchev–Trinajstić information content (AvgIpc) is 3.26. The van der Waals surface area contributed by atoms with Gasteiger partial charge < -0.3 is 54.0 Å². The van der Waals surface area contributed by atoms with E-state index in [4.69, 9.17) is 17.2 Å². The molecule has 0 aromatic heterocycles. The van der Waals surface area contributed by atoms with E-state index >= 15 is 0 Å². The van der Waals surface area contributed by atoms with Gasteiger partial charge in [-0.05, 0) is 89.0 Å². The molecule has 16 nitrogen and oxygen atoms in total. The molecule has 13 N–H and O–H groups in total. The number of fused-ring (bicyclic) bond motifs is 2. The number of carbonyl (C=O) groups excluding carboxylic acids is 4. The van der Waals surface area contributed by atoms with Crippen LogP contribution in [0.1, 0.15) is 42.4 Å². The SMILES string of the molecule is NC(N)=NCCC[C@H](NC(=O)[C@H](CCCNCc1cccc2ccccc12)NC(=O)[C@H](N)Cc1ccc(O)cc1)C(=O)N[C@@H](Cc1ccc2ccccc2c1)C(=O)NCC(=O)O. The minimum Gasteiger partial charge on any atom is -0.508 e. The van der Waals surface area contributed by atoms with Crippen LogP contribution in [0, 0.1) is 0 Å². The zero-order chi connectivity index (χ0) is 44.4. The van der Waals surface area contributed by atoms with Crippen molar-refractivity contribution in [3.63, 3.8) is 0 Å². The van der Waals surface area contributed by atoms with Crippen molar-refractivity contribution >= 4 is 57.1 Å². The summed E-state index contributed by atoms with van der Waals surface area (Å²) in [7, 11) is 0. The van der Waals surface area contributed by atoms with Gasteiger partial charge in [-0.1, -0.05) is 97.1 Å². The molecule has 4 atom stereocenters. The van der Waals surface area contributed by atoms with Gasteiger partial charge in [0, 0.05) is 19.5 Å². The molecule has 0 aliphatic heterocycles. The number of amides is 4. The second kappa shape index (κ2) is 23.1. The van der Waals surface area contributed by atoms with Gasteiger partial charge in [0.1, 0.15) is 30.4 Å². The highest BCUT2D eigenvalue weighted by Gasteiger charge is 2.31. The van der Waals surface area contributed by atoms with Crippen molar-refractivity contribution < 1.29 is 34.2 Å². The lowest BCUT2D eigenvalue weighted by atomic mass is 10.0. The van der Waals surface area contributed by atoms with Crippen LogP contribution in [0.15, 0.2) is 114 Å². The molecule has 0 aliphatic carbocycles. The maximum atomic E-state index is 14.2. The second-order valence-corrected chi connectivity index (χ2v) is 15.1. The third kappa shape index (κ3) is 14.3. The summed E-state index contributed by atoms with van der Waals surface area (Å²) in [6.07, 6.45) is 1.07. The van der Waals surface area contributed by atoms with E-state index < -0.39 is 60.3 Å². The Morgan fingerprint density at radius 2 is 1.24 bits per heavy atom. The Morgan fingerprint density at radius 3 is 1.95 bits per heavy atom. The van der Waals surface area contributed by atoms with Crippen LogP contribution < -0.4 is 43.8 Å². The molecule has 5 aromatic carbocycles. The maximum absolute atomic E-state index is 14.2. The average molecular weight is 846 g/mol. The zero-order valence-corrected chi connectivity index (χ0v) is 34.4. The van der Waals surface area contributed by atoms with E-state index in [1.54, 1.807) is 12.1 Å². The number of nitrogens with zero attached hydrogens (tertiary/aromatic N) is 1. The van der Waals surface area contributed by atoms with Gasteiger partial charge in [0.25, 0.3) is 0 Å². The topological polar surface area (TPSA) is 276 Å². The number of aliphatic imine (C=N–C) groups is 1. The van der Waals surface area contributed by atoms with Crippen molar-refractivity contribution in [1.82, 2.24) is 26.6 Å². The molecule has 0 heterocycles. The summed E-state index contributed by atoms with van der Waals surface area (Å²) in [5.74, 6) is -4.06. The van der Waals surface area contributed by atoms with Gasteiger partial charge in [0.15, 0.2) is 5.96 Å². The monoisotopic (exact) mass is 845 g/mol. The van der Waals surface area contributed by atoms with Crippen molar-refractivity contribution in [3.8, 4) is 5.75 Å². The third-order valence-electron chi connectivity index (χ3n) is 10.3. The smallest absolute Gasteiger partial charge is 0.322 e. The second-order valence-electron chi connectivity index (χ2n) is 15.1. The van der Waals surface area contributed by atoms with Crippen molar-refractivity contribution in [2.75, 3.05) is 19.6 Å². The summed E-state index contributed by atoms with van der Waals surface area (Å²) in [4.78, 5) is 70.6. The summed E-state index contributed by atoms with van der Waals surface area (Å²) < 4.78 is 0. The quantitative estimate of drug-likeness (QED) is 0.0258. The van der Waals surface area contributed by atoms with Crippen molar-refractivity contribution in [2.45, 2.75) is 69.2 Å². The van der Waals surface area contributed by atoms with Crippen LogP contribution in [0.5, 0.6) is 5.75 Å². The summed E-state index contributed by atoms with van der Waals surface area (Å²) >= 11 is 0. The first-order chi connectivity index (χ1) is 29.9. The number of rotatable bonds is 23. The van der Waals surface area contributed by atoms with E-state index in [1.165, 1.54) is 12.1 Å². The fraction of sp³-hybridized carbons (Fsp3) is 0.304. The standard InChI is InChI=1S/C46H55N9O7/c47-37(25-29-17-20-35(56)21-18-29)42(59)53-38(14-6-22-50-27-34-12-5-11-32-9-3-4-13-36(32)34)44(61)54-39(15-7-23-51-46(48)49)45(62)55-40(43(60)52-28-41(57)58)26-30-16-19-31-8-1-2-10-33(31)24-30/h1-5,8-13,16-21,24,37-40,50,56H,6-7,14-15,22-23,25-28,47H2,(H,52,60)(H,53,59)(H,54,61)(H,55,62)(H,57,58)(H4,48,49,51)/t37-,38+,39+,40+/m1/s1. The minimum absolute atomic E-state index is 0.0140. The first kappa shape index (κ1) is 46.0. The van der Waals surface area contributed by atoms with E-state index in [1.807, 2.05) is 78.9 Å². The van der Waals surface area contributed by atoms with E-state index in [0.717, 1.165) is 27.1 Å². The van der Waals surface area contributed by atoms with Gasteiger partial charge >= 0.3 is 5.97 Å². The van der Waals surface area contributed by atoms with Crippen LogP contribution in [-0.4, -0.2) is 89.6 Å². The number of nitrogens with one attached hydrogen (secondary N) is 5. The summed E-state index contributed by atoms with van der Waals surface area (Å²) in [5.41, 5.74) is 19.9. The van der Waals surface area contributed by atoms with Gasteiger partial charge in [-0.15, -0.1) is 0 Å². The molecule has 0 saturated heterocycles. The molecule has 326 valence electrons. The largest absolute Gasteiger partial charge is 0.508 e. The van der Waals surface area contributed by atoms with Gasteiger partial charge in [-0.25, -0.2) is 0 Å². The van der Waals surface area contributed by atoms with Gasteiger partial charge in [-0.3, -0.25) is 29.0 Å². The Morgan fingerprint density at radius 1 is 0.629 bits per heavy atom. The zero-order valence-electron chi connectivity index (χ0n) is 34.4. The number of phenols is 1. The molecule has 62 heavy (non-hydrogen) atoms. The minimum atomic E-state index is -1.27. The van der Waals surface area contributed by atoms with Crippen molar-refractivity contribution in [2.24, 2.45) is 22.2 Å². The van der Waals surface area contributed by atoms with Crippen LogP contribution in [0.2, 0.25) is 0 Å². The number of carboxylic acid groups (broad SMARTS) is 1. The Kier molecular flexibility index (Phi) is 17.1. The number of phenolic OH excluding ortho intramolecular Hbond substituents is 1. The molecule has 5 rings (SSSR count). The Hall–Kier alpha value is -7.04. The highest BCUT2D eigenvalue weighted by atomic mass is 16.4. The predicted molar refractivity (Wildman–Crippen MR) is 239 cm³/mol. The fourth-order valence-electron chi connectivity index (χ4n) is 7.04. The van der Waals surface area contributed by atoms with E-state index in [9.17, 15) is 34.2 Å². The number of carboxylic acids is 1. The Bertz CT molecular complexity index is 2350. The summed E-state index contributed by atoms with van der Waals surface area (Å²) in [6.45, 7) is 0.526. The summed E-state index contributed by atoms with van der Waals surface area (Å²) in [6, 6.07) is 29.0. The van der Waals surface area contributed by atoms with Crippen LogP contribution in [0.3, 0.4) is 0 Å². The van der Waals surface area contributed by atoms with Crippen LogP contribution >= 0.6 is 0 Å². The molecule has 5 aromatic rings. The van der Waals surface area contributed by atoms with Crippen molar-refractivity contribution in [1.29, 1.82) is 0 Å². The van der Waals surface area contributed by atoms with E-state index in [-0.39, 0.29) is 50.4 Å². The maximum Gasteiger partial charge on any atom is 0.322 e. The number of aromatic hydroxyl groups is 1.